The zero-order valence-corrected chi connectivity index (χ0v) is 23.5. The van der Waals surface area contributed by atoms with Gasteiger partial charge in [-0.1, -0.05) is 17.7 Å². The molecular formula is C27H22BrClFN3O4S. The summed E-state index contributed by atoms with van der Waals surface area (Å²) in [6.07, 6.45) is 1.71. The Bertz CT molecular complexity index is 1450. The average molecular weight is 619 g/mol. The van der Waals surface area contributed by atoms with E-state index in [9.17, 15) is 14.0 Å². The predicted molar refractivity (Wildman–Crippen MR) is 153 cm³/mol. The fraction of sp³-hybridized carbons (Fsp3) is 0.148. The summed E-state index contributed by atoms with van der Waals surface area (Å²) in [6.45, 7) is 3.75. The Hall–Kier alpha value is -3.34. The highest BCUT2D eigenvalue weighted by Crippen LogP contribution is 2.39. The summed E-state index contributed by atoms with van der Waals surface area (Å²) in [5, 5.41) is 6.46. The Morgan fingerprint density at radius 3 is 2.71 bits per heavy atom. The third-order valence-corrected chi connectivity index (χ3v) is 7.13. The van der Waals surface area contributed by atoms with Crippen LogP contribution in [0.4, 0.5) is 15.8 Å². The number of aliphatic imine (C=N–C) groups is 1. The molecule has 1 saturated heterocycles. The topological polar surface area (TPSA) is 89.0 Å². The number of benzene rings is 3. The molecule has 196 valence electrons. The molecule has 0 radical (unpaired) electrons. The summed E-state index contributed by atoms with van der Waals surface area (Å²) in [5.41, 5.74) is 2.63. The first kappa shape index (κ1) is 27.7. The van der Waals surface area contributed by atoms with Gasteiger partial charge in [-0.25, -0.2) is 9.38 Å². The minimum absolute atomic E-state index is 0.277. The number of carbonyl (C=O) groups excluding carboxylic acids is 2. The van der Waals surface area contributed by atoms with Crippen molar-refractivity contribution >= 4 is 73.7 Å². The van der Waals surface area contributed by atoms with Crippen LogP contribution in [0.5, 0.6) is 11.5 Å². The summed E-state index contributed by atoms with van der Waals surface area (Å²) >= 11 is 10.9. The molecule has 1 heterocycles. The Morgan fingerprint density at radius 1 is 1.21 bits per heavy atom. The molecule has 0 bridgehead atoms. The van der Waals surface area contributed by atoms with Gasteiger partial charge in [0.05, 0.1) is 21.7 Å². The number of amidine groups is 1. The lowest BCUT2D eigenvalue weighted by Gasteiger charge is -2.15. The summed E-state index contributed by atoms with van der Waals surface area (Å²) in [6, 6.07) is 14.3. The zero-order valence-electron chi connectivity index (χ0n) is 20.3. The zero-order chi connectivity index (χ0) is 27.2. The van der Waals surface area contributed by atoms with Gasteiger partial charge in [-0.15, -0.1) is 0 Å². The van der Waals surface area contributed by atoms with Gasteiger partial charge in [-0.2, -0.15) is 0 Å². The van der Waals surface area contributed by atoms with E-state index in [2.05, 4.69) is 31.6 Å². The molecule has 0 saturated carbocycles. The minimum Gasteiger partial charge on any atom is -0.490 e. The third kappa shape index (κ3) is 6.94. The van der Waals surface area contributed by atoms with E-state index in [1.165, 1.54) is 36.0 Å². The SMILES string of the molecule is CCOc1cc(/C=C2/SC(=Nc3cccc(Cl)c3C)NC2=O)cc(Br)c1OCC(=O)Nc1ccc(F)cc1. The van der Waals surface area contributed by atoms with Crippen molar-refractivity contribution < 1.29 is 23.5 Å². The van der Waals surface area contributed by atoms with Gasteiger partial charge in [0.15, 0.2) is 23.3 Å². The highest BCUT2D eigenvalue weighted by atomic mass is 79.9. The van der Waals surface area contributed by atoms with Gasteiger partial charge in [0.25, 0.3) is 11.8 Å². The first-order valence-electron chi connectivity index (χ1n) is 11.4. The van der Waals surface area contributed by atoms with E-state index in [1.807, 2.05) is 19.9 Å². The number of rotatable bonds is 8. The molecular weight excluding hydrogens is 597 g/mol. The van der Waals surface area contributed by atoms with Crippen LogP contribution < -0.4 is 20.1 Å². The van der Waals surface area contributed by atoms with Crippen LogP contribution in [0.3, 0.4) is 0 Å². The predicted octanol–water partition coefficient (Wildman–Crippen LogP) is 6.86. The normalized spacial score (nSPS) is 15.0. The number of anilines is 1. The number of amides is 2. The molecule has 1 aliphatic rings. The molecule has 0 spiro atoms. The number of nitrogens with zero attached hydrogens (tertiary/aromatic N) is 1. The van der Waals surface area contributed by atoms with Crippen LogP contribution >= 0.6 is 39.3 Å². The second kappa shape index (κ2) is 12.5. The molecule has 3 aromatic rings. The van der Waals surface area contributed by atoms with E-state index >= 15 is 0 Å². The van der Waals surface area contributed by atoms with Gasteiger partial charge in [0.2, 0.25) is 0 Å². The Labute approximate surface area is 236 Å². The first-order chi connectivity index (χ1) is 18.2. The Morgan fingerprint density at radius 2 is 1.97 bits per heavy atom. The first-order valence-corrected chi connectivity index (χ1v) is 13.4. The van der Waals surface area contributed by atoms with Crippen molar-refractivity contribution in [3.05, 3.63) is 85.9 Å². The van der Waals surface area contributed by atoms with Crippen molar-refractivity contribution in [1.29, 1.82) is 0 Å². The van der Waals surface area contributed by atoms with Gasteiger partial charge in [-0.3, -0.25) is 9.59 Å². The molecule has 0 aromatic heterocycles. The molecule has 2 amide bonds. The van der Waals surface area contributed by atoms with Crippen molar-refractivity contribution in [2.24, 2.45) is 4.99 Å². The Kier molecular flexibility index (Phi) is 9.09. The van der Waals surface area contributed by atoms with Gasteiger partial charge in [0, 0.05) is 10.7 Å². The summed E-state index contributed by atoms with van der Waals surface area (Å²) in [4.78, 5) is 29.9. The minimum atomic E-state index is -0.419. The lowest BCUT2D eigenvalue weighted by atomic mass is 10.2. The smallest absolute Gasteiger partial charge is 0.264 e. The average Bonchev–Trinajstić information content (AvgIpc) is 3.21. The van der Waals surface area contributed by atoms with E-state index in [0.29, 0.717) is 54.6 Å². The molecule has 3 aromatic carbocycles. The van der Waals surface area contributed by atoms with Crippen molar-refractivity contribution in [3.8, 4) is 11.5 Å². The van der Waals surface area contributed by atoms with Gasteiger partial charge < -0.3 is 20.1 Å². The largest absolute Gasteiger partial charge is 0.490 e. The molecule has 0 aliphatic carbocycles. The van der Waals surface area contributed by atoms with Crippen molar-refractivity contribution in [2.75, 3.05) is 18.5 Å². The Balaban J connectivity index is 1.50. The molecule has 7 nitrogen and oxygen atoms in total. The van der Waals surface area contributed by atoms with Crippen LogP contribution in [0.25, 0.3) is 6.08 Å². The van der Waals surface area contributed by atoms with Crippen LogP contribution in [0.2, 0.25) is 5.02 Å². The molecule has 0 unspecified atom stereocenters. The monoisotopic (exact) mass is 617 g/mol. The van der Waals surface area contributed by atoms with Gasteiger partial charge >= 0.3 is 0 Å². The maximum absolute atomic E-state index is 13.1. The van der Waals surface area contributed by atoms with E-state index in [1.54, 1.807) is 30.3 Å². The number of ether oxygens (including phenoxy) is 2. The van der Waals surface area contributed by atoms with E-state index in [-0.39, 0.29) is 12.5 Å². The third-order valence-electron chi connectivity index (χ3n) is 5.22. The molecule has 2 N–H and O–H groups in total. The summed E-state index contributed by atoms with van der Waals surface area (Å²) in [5.74, 6) is -0.355. The summed E-state index contributed by atoms with van der Waals surface area (Å²) in [7, 11) is 0. The number of thioether (sulfide) groups is 1. The van der Waals surface area contributed by atoms with Crippen LogP contribution in [-0.4, -0.2) is 30.2 Å². The van der Waals surface area contributed by atoms with Gasteiger partial charge in [0.1, 0.15) is 5.82 Å². The number of carbonyl (C=O) groups is 2. The maximum Gasteiger partial charge on any atom is 0.264 e. The second-order valence-electron chi connectivity index (χ2n) is 7.97. The molecule has 1 aliphatic heterocycles. The molecule has 11 heteroatoms. The van der Waals surface area contributed by atoms with Crippen molar-refractivity contribution in [1.82, 2.24) is 5.32 Å². The fourth-order valence-corrected chi connectivity index (χ4v) is 4.98. The van der Waals surface area contributed by atoms with Crippen molar-refractivity contribution in [2.45, 2.75) is 13.8 Å². The number of hydrogen-bond acceptors (Lipinski definition) is 6. The molecule has 38 heavy (non-hydrogen) atoms. The fourth-order valence-electron chi connectivity index (χ4n) is 3.40. The van der Waals surface area contributed by atoms with Gasteiger partial charge in [-0.05, 0) is 107 Å². The van der Waals surface area contributed by atoms with Crippen LogP contribution in [0.15, 0.2) is 69.0 Å². The van der Waals surface area contributed by atoms with E-state index in [4.69, 9.17) is 21.1 Å². The second-order valence-corrected chi connectivity index (χ2v) is 10.3. The van der Waals surface area contributed by atoms with Crippen LogP contribution in [-0.2, 0) is 9.59 Å². The standard InChI is InChI=1S/C27H22BrClFN3O4S/c1-3-36-22-12-16(11-19(28)25(22)37-14-24(34)31-18-9-7-17(30)8-10-18)13-23-26(35)33-27(38-23)32-21-6-4-5-20(29)15(21)2/h4-13H,3,14H2,1-2H3,(H,31,34)(H,32,33,35)/b23-13+. The van der Waals surface area contributed by atoms with Crippen LogP contribution in [0, 0.1) is 12.7 Å². The highest BCUT2D eigenvalue weighted by Gasteiger charge is 2.25. The molecule has 0 atom stereocenters. The maximum atomic E-state index is 13.1. The van der Waals surface area contributed by atoms with E-state index in [0.717, 1.165) is 5.56 Å². The number of nitrogens with one attached hydrogen (secondary N) is 2. The quantitative estimate of drug-likeness (QED) is 0.269. The highest BCUT2D eigenvalue weighted by molar-refractivity contribution is 9.10. The van der Waals surface area contributed by atoms with Crippen LogP contribution in [0.1, 0.15) is 18.1 Å². The molecule has 4 rings (SSSR count). The number of hydrogen-bond donors (Lipinski definition) is 2. The molecule has 1 fully saturated rings. The van der Waals surface area contributed by atoms with E-state index < -0.39 is 11.7 Å². The van der Waals surface area contributed by atoms with Crippen molar-refractivity contribution in [3.63, 3.8) is 0 Å². The number of halogens is 3. The summed E-state index contributed by atoms with van der Waals surface area (Å²) < 4.78 is 25.1. The lowest BCUT2D eigenvalue weighted by Crippen LogP contribution is -2.20. The lowest BCUT2D eigenvalue weighted by molar-refractivity contribution is -0.118.